The number of aliphatic hydroxyl groups excluding tert-OH is 1. The van der Waals surface area contributed by atoms with Crippen LogP contribution in [0, 0.1) is 0 Å². The van der Waals surface area contributed by atoms with Gasteiger partial charge in [0.2, 0.25) is 0 Å². The third-order valence-corrected chi connectivity index (χ3v) is 2.97. The Morgan fingerprint density at radius 2 is 2.39 bits per heavy atom. The lowest BCUT2D eigenvalue weighted by Gasteiger charge is -1.91. The Balaban J connectivity index is 1.77. The molecule has 0 spiro atoms. The monoisotopic (exact) mass is 263 g/mol. The summed E-state index contributed by atoms with van der Waals surface area (Å²) in [5.41, 5.74) is 1.42. The van der Waals surface area contributed by atoms with Crippen LogP contribution in [0.4, 0.5) is 0 Å². The summed E-state index contributed by atoms with van der Waals surface area (Å²) in [4.78, 5) is 4.26. The lowest BCUT2D eigenvalue weighted by atomic mass is 10.3. The molecule has 1 N–H and O–H groups in total. The molecule has 0 atom stereocenters. The number of hydrogen-bond acceptors (Lipinski definition) is 7. The van der Waals surface area contributed by atoms with Gasteiger partial charge < -0.3 is 9.63 Å². The van der Waals surface area contributed by atoms with E-state index in [4.69, 9.17) is 9.63 Å². The molecule has 8 heteroatoms. The van der Waals surface area contributed by atoms with Crippen molar-refractivity contribution in [3.05, 3.63) is 34.5 Å². The van der Waals surface area contributed by atoms with E-state index in [1.165, 1.54) is 0 Å². The molecule has 3 rings (SSSR count). The Kier molecular flexibility index (Phi) is 2.87. The van der Waals surface area contributed by atoms with Crippen molar-refractivity contribution in [2.24, 2.45) is 0 Å². The smallest absolute Gasteiger partial charge is 0.258 e. The molecule has 0 radical (unpaired) electrons. The van der Waals surface area contributed by atoms with Gasteiger partial charge in [-0.1, -0.05) is 10.4 Å². The van der Waals surface area contributed by atoms with E-state index in [9.17, 15) is 0 Å². The van der Waals surface area contributed by atoms with Crippen LogP contribution in [0.5, 0.6) is 0 Å². The van der Waals surface area contributed by atoms with Crippen LogP contribution in [-0.4, -0.2) is 30.2 Å². The van der Waals surface area contributed by atoms with Crippen molar-refractivity contribution in [1.82, 2.24) is 25.1 Å². The summed E-state index contributed by atoms with van der Waals surface area (Å²) in [6, 6.07) is 1.92. The Hall–Kier alpha value is -2.06. The zero-order chi connectivity index (χ0) is 12.4. The minimum Gasteiger partial charge on any atom is -0.390 e. The van der Waals surface area contributed by atoms with Gasteiger partial charge in [-0.25, -0.2) is 4.68 Å². The quantitative estimate of drug-likeness (QED) is 0.753. The van der Waals surface area contributed by atoms with Crippen molar-refractivity contribution in [3.8, 4) is 11.5 Å². The SMILES string of the molecule is OCc1cn(Cc2noc(-c3ccsc3)n2)nn1. The van der Waals surface area contributed by atoms with Crippen molar-refractivity contribution in [2.45, 2.75) is 13.2 Å². The molecular formula is C10H9N5O2S. The van der Waals surface area contributed by atoms with E-state index in [1.807, 2.05) is 16.8 Å². The summed E-state index contributed by atoms with van der Waals surface area (Å²) in [7, 11) is 0. The average Bonchev–Trinajstić information content (AvgIpc) is 3.10. The lowest BCUT2D eigenvalue weighted by Crippen LogP contribution is -2.02. The minimum atomic E-state index is -0.133. The van der Waals surface area contributed by atoms with Gasteiger partial charge in [-0.3, -0.25) is 0 Å². The fourth-order valence-corrected chi connectivity index (χ4v) is 2.08. The van der Waals surface area contributed by atoms with Gasteiger partial charge in [-0.2, -0.15) is 16.3 Å². The Morgan fingerprint density at radius 3 is 3.11 bits per heavy atom. The first-order valence-corrected chi connectivity index (χ1v) is 6.14. The standard InChI is InChI=1S/C10H9N5O2S/c16-5-8-3-15(14-12-8)4-9-11-10(17-13-9)7-1-2-18-6-7/h1-3,6,16H,4-5H2. The summed E-state index contributed by atoms with van der Waals surface area (Å²) in [5, 5.41) is 24.2. The highest BCUT2D eigenvalue weighted by Gasteiger charge is 2.10. The van der Waals surface area contributed by atoms with E-state index >= 15 is 0 Å². The molecule has 3 aromatic rings. The fourth-order valence-electron chi connectivity index (χ4n) is 1.45. The zero-order valence-corrected chi connectivity index (χ0v) is 10.0. The van der Waals surface area contributed by atoms with Crippen LogP contribution in [-0.2, 0) is 13.2 Å². The van der Waals surface area contributed by atoms with Gasteiger partial charge in [0.15, 0.2) is 5.82 Å². The van der Waals surface area contributed by atoms with Crippen molar-refractivity contribution in [1.29, 1.82) is 0 Å². The van der Waals surface area contributed by atoms with Crippen molar-refractivity contribution >= 4 is 11.3 Å². The number of thiophene rings is 1. The van der Waals surface area contributed by atoms with E-state index in [0.29, 0.717) is 24.0 Å². The molecule has 92 valence electrons. The number of rotatable bonds is 4. The first-order chi connectivity index (χ1) is 8.85. The molecule has 0 amide bonds. The molecule has 0 aromatic carbocycles. The molecule has 0 unspecified atom stereocenters. The maximum Gasteiger partial charge on any atom is 0.258 e. The van der Waals surface area contributed by atoms with Crippen LogP contribution in [0.2, 0.25) is 0 Å². The summed E-state index contributed by atoms with van der Waals surface area (Å²) < 4.78 is 6.70. The summed E-state index contributed by atoms with van der Waals surface area (Å²) >= 11 is 1.57. The summed E-state index contributed by atoms with van der Waals surface area (Å²) in [6.45, 7) is 0.229. The second kappa shape index (κ2) is 4.67. The van der Waals surface area contributed by atoms with E-state index in [2.05, 4.69) is 20.5 Å². The molecule has 0 bridgehead atoms. The molecule has 0 saturated carbocycles. The van der Waals surface area contributed by atoms with E-state index in [1.54, 1.807) is 22.2 Å². The average molecular weight is 263 g/mol. The Labute approximate surface area is 106 Å². The first-order valence-electron chi connectivity index (χ1n) is 5.20. The molecule has 0 aliphatic heterocycles. The van der Waals surface area contributed by atoms with E-state index in [0.717, 1.165) is 5.56 Å². The van der Waals surface area contributed by atoms with Crippen LogP contribution in [0.3, 0.4) is 0 Å². The molecule has 18 heavy (non-hydrogen) atoms. The van der Waals surface area contributed by atoms with Gasteiger partial charge in [0.25, 0.3) is 5.89 Å². The topological polar surface area (TPSA) is 89.9 Å². The van der Waals surface area contributed by atoms with Crippen molar-refractivity contribution < 1.29 is 9.63 Å². The number of nitrogens with zero attached hydrogens (tertiary/aromatic N) is 5. The predicted octanol–water partition coefficient (Wildman–Crippen LogP) is 0.930. The molecule has 0 saturated heterocycles. The second-order valence-electron chi connectivity index (χ2n) is 3.59. The number of hydrogen-bond donors (Lipinski definition) is 1. The Morgan fingerprint density at radius 1 is 1.44 bits per heavy atom. The lowest BCUT2D eigenvalue weighted by molar-refractivity contribution is 0.276. The molecule has 0 fully saturated rings. The molecule has 0 aliphatic carbocycles. The van der Waals surface area contributed by atoms with Crippen LogP contribution in [0.1, 0.15) is 11.5 Å². The fraction of sp³-hybridized carbons (Fsp3) is 0.200. The van der Waals surface area contributed by atoms with Crippen LogP contribution in [0.15, 0.2) is 27.5 Å². The minimum absolute atomic E-state index is 0.133. The molecule has 3 aromatic heterocycles. The van der Waals surface area contributed by atoms with Crippen LogP contribution in [0.25, 0.3) is 11.5 Å². The molecule has 0 aliphatic rings. The van der Waals surface area contributed by atoms with Gasteiger partial charge in [-0.05, 0) is 11.4 Å². The van der Waals surface area contributed by atoms with E-state index < -0.39 is 0 Å². The third kappa shape index (κ3) is 2.15. The maximum absolute atomic E-state index is 8.88. The molecular weight excluding hydrogens is 254 g/mol. The first kappa shape index (κ1) is 11.1. The Bertz CT molecular complexity index is 630. The molecule has 3 heterocycles. The maximum atomic E-state index is 8.88. The molecule has 7 nitrogen and oxygen atoms in total. The largest absolute Gasteiger partial charge is 0.390 e. The highest BCUT2D eigenvalue weighted by atomic mass is 32.1. The summed E-state index contributed by atoms with van der Waals surface area (Å²) in [6.07, 6.45) is 1.64. The normalized spacial score (nSPS) is 10.9. The zero-order valence-electron chi connectivity index (χ0n) is 9.22. The van der Waals surface area contributed by atoms with Crippen LogP contribution < -0.4 is 0 Å². The van der Waals surface area contributed by atoms with Gasteiger partial charge in [0, 0.05) is 5.38 Å². The highest BCUT2D eigenvalue weighted by Crippen LogP contribution is 2.19. The second-order valence-corrected chi connectivity index (χ2v) is 4.37. The highest BCUT2D eigenvalue weighted by molar-refractivity contribution is 7.08. The van der Waals surface area contributed by atoms with Gasteiger partial charge in [0.1, 0.15) is 12.2 Å². The number of aromatic nitrogens is 5. The van der Waals surface area contributed by atoms with Gasteiger partial charge in [0.05, 0.1) is 18.4 Å². The van der Waals surface area contributed by atoms with Crippen LogP contribution >= 0.6 is 11.3 Å². The van der Waals surface area contributed by atoms with Gasteiger partial charge in [-0.15, -0.1) is 5.10 Å². The predicted molar refractivity (Wildman–Crippen MR) is 62.7 cm³/mol. The van der Waals surface area contributed by atoms with Crippen molar-refractivity contribution in [2.75, 3.05) is 0 Å². The third-order valence-electron chi connectivity index (χ3n) is 2.29. The van der Waals surface area contributed by atoms with E-state index in [-0.39, 0.29) is 6.61 Å². The summed E-state index contributed by atoms with van der Waals surface area (Å²) in [5.74, 6) is 1.01. The number of aliphatic hydroxyl groups is 1. The van der Waals surface area contributed by atoms with Crippen molar-refractivity contribution in [3.63, 3.8) is 0 Å². The van der Waals surface area contributed by atoms with Gasteiger partial charge >= 0.3 is 0 Å².